The summed E-state index contributed by atoms with van der Waals surface area (Å²) in [6.45, 7) is 8.52. The zero-order valence-corrected chi connectivity index (χ0v) is 11.5. The van der Waals surface area contributed by atoms with Crippen molar-refractivity contribution in [2.75, 3.05) is 5.75 Å². The Morgan fingerprint density at radius 2 is 2.06 bits per heavy atom. The van der Waals surface area contributed by atoms with Crippen LogP contribution in [0.3, 0.4) is 0 Å². The summed E-state index contributed by atoms with van der Waals surface area (Å²) in [5.41, 5.74) is 6.02. The SMILES string of the molecule is CCC(C)CSC(c1ccc(C)o1)C(C)N. The molecule has 0 aliphatic carbocycles. The molecule has 1 aromatic rings. The van der Waals surface area contributed by atoms with Crippen molar-refractivity contribution in [2.24, 2.45) is 11.7 Å². The number of nitrogens with two attached hydrogens (primary N) is 1. The Labute approximate surface area is 103 Å². The normalized spacial score (nSPS) is 17.1. The molecule has 92 valence electrons. The summed E-state index contributed by atoms with van der Waals surface area (Å²) in [6, 6.07) is 4.18. The number of rotatable bonds is 6. The Morgan fingerprint density at radius 3 is 2.50 bits per heavy atom. The molecule has 0 radical (unpaired) electrons. The molecule has 0 saturated heterocycles. The fraction of sp³-hybridized carbons (Fsp3) is 0.692. The van der Waals surface area contributed by atoms with Crippen LogP contribution in [0.4, 0.5) is 0 Å². The first kappa shape index (κ1) is 13.7. The molecule has 0 aromatic carbocycles. The largest absolute Gasteiger partial charge is 0.465 e. The molecule has 0 bridgehead atoms. The molecule has 0 saturated carbocycles. The first-order valence-corrected chi connectivity index (χ1v) is 7.03. The van der Waals surface area contributed by atoms with Gasteiger partial charge in [0.05, 0.1) is 5.25 Å². The maximum atomic E-state index is 6.02. The van der Waals surface area contributed by atoms with Crippen molar-refractivity contribution in [1.82, 2.24) is 0 Å². The lowest BCUT2D eigenvalue weighted by molar-refractivity contribution is 0.464. The van der Waals surface area contributed by atoms with Crippen molar-refractivity contribution in [3.05, 3.63) is 23.7 Å². The zero-order valence-electron chi connectivity index (χ0n) is 10.7. The van der Waals surface area contributed by atoms with E-state index in [2.05, 4.69) is 13.8 Å². The zero-order chi connectivity index (χ0) is 12.1. The van der Waals surface area contributed by atoms with E-state index in [1.807, 2.05) is 37.7 Å². The van der Waals surface area contributed by atoms with E-state index in [9.17, 15) is 0 Å². The first-order chi connectivity index (χ1) is 7.54. The molecule has 16 heavy (non-hydrogen) atoms. The lowest BCUT2D eigenvalue weighted by Crippen LogP contribution is -2.23. The minimum Gasteiger partial charge on any atom is -0.465 e. The summed E-state index contributed by atoms with van der Waals surface area (Å²) in [6.07, 6.45) is 1.22. The van der Waals surface area contributed by atoms with Crippen molar-refractivity contribution in [3.8, 4) is 0 Å². The van der Waals surface area contributed by atoms with Gasteiger partial charge in [0.2, 0.25) is 0 Å². The summed E-state index contributed by atoms with van der Waals surface area (Å²) < 4.78 is 5.67. The van der Waals surface area contributed by atoms with Crippen LogP contribution in [0.5, 0.6) is 0 Å². The number of aryl methyl sites for hydroxylation is 1. The molecule has 0 fully saturated rings. The van der Waals surface area contributed by atoms with E-state index in [1.54, 1.807) is 0 Å². The highest BCUT2D eigenvalue weighted by Crippen LogP contribution is 2.34. The standard InChI is InChI=1S/C13H23NOS/c1-5-9(2)8-16-13(11(4)14)12-7-6-10(3)15-12/h6-7,9,11,13H,5,8,14H2,1-4H3. The highest BCUT2D eigenvalue weighted by atomic mass is 32.2. The lowest BCUT2D eigenvalue weighted by Gasteiger charge is -2.19. The second kappa shape index (κ2) is 6.36. The van der Waals surface area contributed by atoms with Gasteiger partial charge in [-0.05, 0) is 37.7 Å². The van der Waals surface area contributed by atoms with Crippen molar-refractivity contribution < 1.29 is 4.42 Å². The van der Waals surface area contributed by atoms with Crippen molar-refractivity contribution in [1.29, 1.82) is 0 Å². The van der Waals surface area contributed by atoms with E-state index in [0.29, 0.717) is 0 Å². The van der Waals surface area contributed by atoms with Crippen LogP contribution >= 0.6 is 11.8 Å². The number of thioether (sulfide) groups is 1. The molecular weight excluding hydrogens is 218 g/mol. The molecule has 1 heterocycles. The molecule has 2 nitrogen and oxygen atoms in total. The smallest absolute Gasteiger partial charge is 0.118 e. The molecular formula is C13H23NOS. The van der Waals surface area contributed by atoms with E-state index in [4.69, 9.17) is 10.2 Å². The van der Waals surface area contributed by atoms with Crippen molar-refractivity contribution in [3.63, 3.8) is 0 Å². The molecule has 1 rings (SSSR count). The van der Waals surface area contributed by atoms with Crippen LogP contribution in [0.1, 0.15) is 44.0 Å². The second-order valence-corrected chi connectivity index (χ2v) is 5.75. The van der Waals surface area contributed by atoms with Gasteiger partial charge in [-0.2, -0.15) is 0 Å². The van der Waals surface area contributed by atoms with Crippen LogP contribution in [-0.2, 0) is 0 Å². The van der Waals surface area contributed by atoms with Gasteiger partial charge in [-0.1, -0.05) is 20.3 Å². The third kappa shape index (κ3) is 3.87. The van der Waals surface area contributed by atoms with Crippen LogP contribution < -0.4 is 5.73 Å². The van der Waals surface area contributed by atoms with E-state index < -0.39 is 0 Å². The average molecular weight is 241 g/mol. The minimum absolute atomic E-state index is 0.125. The van der Waals surface area contributed by atoms with E-state index >= 15 is 0 Å². The molecule has 1 aromatic heterocycles. The molecule has 3 heteroatoms. The van der Waals surface area contributed by atoms with E-state index in [1.165, 1.54) is 6.42 Å². The Bertz CT molecular complexity index is 309. The average Bonchev–Trinajstić information content (AvgIpc) is 2.64. The fourth-order valence-corrected chi connectivity index (χ4v) is 2.85. The molecule has 3 atom stereocenters. The Balaban J connectivity index is 2.61. The molecule has 0 aliphatic rings. The molecule has 0 amide bonds. The predicted octanol–water partition coefficient (Wildman–Crippen LogP) is 3.76. The topological polar surface area (TPSA) is 39.2 Å². The van der Waals surface area contributed by atoms with Crippen LogP contribution in [0.25, 0.3) is 0 Å². The summed E-state index contributed by atoms with van der Waals surface area (Å²) in [4.78, 5) is 0. The lowest BCUT2D eigenvalue weighted by atomic mass is 10.2. The number of hydrogen-bond donors (Lipinski definition) is 1. The van der Waals surface area contributed by atoms with Gasteiger partial charge in [0.15, 0.2) is 0 Å². The van der Waals surface area contributed by atoms with Gasteiger partial charge < -0.3 is 10.2 Å². The van der Waals surface area contributed by atoms with Crippen molar-refractivity contribution in [2.45, 2.75) is 45.4 Å². The minimum atomic E-state index is 0.125. The van der Waals surface area contributed by atoms with Gasteiger partial charge in [0.1, 0.15) is 11.5 Å². The maximum absolute atomic E-state index is 6.02. The van der Waals surface area contributed by atoms with Crippen LogP contribution in [-0.4, -0.2) is 11.8 Å². The highest BCUT2D eigenvalue weighted by molar-refractivity contribution is 7.99. The Morgan fingerprint density at radius 1 is 1.38 bits per heavy atom. The van der Waals surface area contributed by atoms with Crippen LogP contribution in [0, 0.1) is 12.8 Å². The summed E-state index contributed by atoms with van der Waals surface area (Å²) in [5, 5.41) is 0.280. The number of furan rings is 1. The quantitative estimate of drug-likeness (QED) is 0.824. The predicted molar refractivity (Wildman–Crippen MR) is 71.7 cm³/mol. The van der Waals surface area contributed by atoms with Gasteiger partial charge in [-0.15, -0.1) is 11.8 Å². The summed E-state index contributed by atoms with van der Waals surface area (Å²) in [7, 11) is 0. The molecule has 2 N–H and O–H groups in total. The third-order valence-electron chi connectivity index (χ3n) is 2.78. The van der Waals surface area contributed by atoms with Gasteiger partial charge in [0.25, 0.3) is 0 Å². The van der Waals surface area contributed by atoms with Gasteiger partial charge in [-0.25, -0.2) is 0 Å². The monoisotopic (exact) mass is 241 g/mol. The third-order valence-corrected chi connectivity index (χ3v) is 4.56. The maximum Gasteiger partial charge on any atom is 0.118 e. The van der Waals surface area contributed by atoms with E-state index in [0.717, 1.165) is 23.2 Å². The molecule has 3 unspecified atom stereocenters. The van der Waals surface area contributed by atoms with Crippen LogP contribution in [0.2, 0.25) is 0 Å². The second-order valence-electron chi connectivity index (χ2n) is 4.57. The van der Waals surface area contributed by atoms with E-state index in [-0.39, 0.29) is 11.3 Å². The summed E-state index contributed by atoms with van der Waals surface area (Å²) >= 11 is 1.91. The Hall–Kier alpha value is -0.410. The highest BCUT2D eigenvalue weighted by Gasteiger charge is 2.20. The summed E-state index contributed by atoms with van der Waals surface area (Å²) in [5.74, 6) is 3.86. The number of hydrogen-bond acceptors (Lipinski definition) is 3. The van der Waals surface area contributed by atoms with Crippen molar-refractivity contribution >= 4 is 11.8 Å². The van der Waals surface area contributed by atoms with Gasteiger partial charge in [0, 0.05) is 6.04 Å². The van der Waals surface area contributed by atoms with Crippen LogP contribution in [0.15, 0.2) is 16.5 Å². The van der Waals surface area contributed by atoms with Gasteiger partial charge >= 0.3 is 0 Å². The van der Waals surface area contributed by atoms with Gasteiger partial charge in [-0.3, -0.25) is 0 Å². The molecule has 0 spiro atoms. The Kier molecular flexibility index (Phi) is 5.42. The first-order valence-electron chi connectivity index (χ1n) is 5.98. The molecule has 0 aliphatic heterocycles. The fourth-order valence-electron chi connectivity index (χ4n) is 1.49.